The molecule has 0 unspecified atom stereocenters. The van der Waals surface area contributed by atoms with Crippen molar-refractivity contribution in [2.24, 2.45) is 0 Å². The van der Waals surface area contributed by atoms with Crippen LogP contribution in [0, 0.1) is 0 Å². The Morgan fingerprint density at radius 2 is 1.15 bits per heavy atom. The quantitative estimate of drug-likeness (QED) is 0.591. The maximum Gasteiger partial charge on any atom is 0.320 e. The minimum Gasteiger partial charge on any atom is -0.319 e. The lowest BCUT2D eigenvalue weighted by atomic mass is 9.87. The average Bonchev–Trinajstić information content (AvgIpc) is 3.00. The number of nitrogens with zero attached hydrogens (tertiary/aromatic N) is 3. The van der Waals surface area contributed by atoms with E-state index in [1.807, 2.05) is 0 Å². The molecular formula is C23H31N3O5S2. The molecule has 8 nitrogen and oxygen atoms in total. The zero-order chi connectivity index (χ0) is 24.6. The predicted octanol–water partition coefficient (Wildman–Crippen LogP) is 3.15. The highest BCUT2D eigenvalue weighted by Gasteiger charge is 2.29. The third-order valence-corrected chi connectivity index (χ3v) is 8.75. The van der Waals surface area contributed by atoms with E-state index in [4.69, 9.17) is 0 Å². The molecule has 0 N–H and O–H groups in total. The van der Waals surface area contributed by atoms with Gasteiger partial charge in [0.15, 0.2) is 0 Å². The molecular weight excluding hydrogens is 462 g/mol. The van der Waals surface area contributed by atoms with Gasteiger partial charge in [0, 0.05) is 26.2 Å². The number of sulfonamides is 2. The third-order valence-electron chi connectivity index (χ3n) is 5.50. The second-order valence-corrected chi connectivity index (χ2v) is 13.4. The van der Waals surface area contributed by atoms with Crippen molar-refractivity contribution in [1.82, 2.24) is 9.80 Å². The van der Waals surface area contributed by atoms with Gasteiger partial charge < -0.3 is 9.80 Å². The van der Waals surface area contributed by atoms with Gasteiger partial charge in [0.25, 0.3) is 0 Å². The van der Waals surface area contributed by atoms with E-state index >= 15 is 0 Å². The molecule has 3 rings (SSSR count). The van der Waals surface area contributed by atoms with Crippen LogP contribution in [0.3, 0.4) is 0 Å². The van der Waals surface area contributed by atoms with E-state index in [0.29, 0.717) is 29.9 Å². The van der Waals surface area contributed by atoms with Gasteiger partial charge in [0.2, 0.25) is 20.0 Å². The highest BCUT2D eigenvalue weighted by Crippen LogP contribution is 2.25. The summed E-state index contributed by atoms with van der Waals surface area (Å²) in [6.07, 6.45) is 1.69. The zero-order valence-electron chi connectivity index (χ0n) is 19.6. The number of hydrogen-bond donors (Lipinski definition) is 0. The SMILES string of the molecule is CC(C)(C)c1ccc(CN2CCN(Cc3ccc(N(S(C)(=O)=O)S(C)(=O)=O)cc3)C2=O)cc1. The van der Waals surface area contributed by atoms with Crippen molar-refractivity contribution in [2.45, 2.75) is 39.3 Å². The van der Waals surface area contributed by atoms with E-state index in [1.165, 1.54) is 17.7 Å². The van der Waals surface area contributed by atoms with E-state index in [0.717, 1.165) is 23.6 Å². The molecule has 0 radical (unpaired) electrons. The Bertz CT molecular complexity index is 1180. The second kappa shape index (κ2) is 8.98. The molecule has 0 bridgehead atoms. The van der Waals surface area contributed by atoms with Gasteiger partial charge in [-0.05, 0) is 34.2 Å². The van der Waals surface area contributed by atoms with Crippen LogP contribution in [-0.4, -0.2) is 58.3 Å². The summed E-state index contributed by atoms with van der Waals surface area (Å²) in [6.45, 7) is 8.59. The normalized spacial score (nSPS) is 15.2. The molecule has 1 heterocycles. The van der Waals surface area contributed by atoms with E-state index in [9.17, 15) is 21.6 Å². The maximum atomic E-state index is 12.9. The first-order valence-corrected chi connectivity index (χ1v) is 14.3. The van der Waals surface area contributed by atoms with Crippen molar-refractivity contribution >= 4 is 31.8 Å². The monoisotopic (exact) mass is 493 g/mol. The summed E-state index contributed by atoms with van der Waals surface area (Å²) in [6, 6.07) is 14.4. The lowest BCUT2D eigenvalue weighted by molar-refractivity contribution is 0.189. The Hall–Kier alpha value is -2.59. The van der Waals surface area contributed by atoms with Crippen LogP contribution in [-0.2, 0) is 38.6 Å². The molecule has 0 atom stereocenters. The number of rotatable bonds is 7. The summed E-state index contributed by atoms with van der Waals surface area (Å²) in [4.78, 5) is 16.4. The Labute approximate surface area is 196 Å². The minimum atomic E-state index is -3.99. The van der Waals surface area contributed by atoms with Gasteiger partial charge in [0.05, 0.1) is 18.2 Å². The summed E-state index contributed by atoms with van der Waals surface area (Å²) in [5.41, 5.74) is 3.22. The van der Waals surface area contributed by atoms with E-state index in [-0.39, 0.29) is 17.1 Å². The minimum absolute atomic E-state index is 0.0387. The number of benzene rings is 2. The fraction of sp³-hybridized carbons (Fsp3) is 0.435. The lowest BCUT2D eigenvalue weighted by Gasteiger charge is -2.22. The molecule has 10 heteroatoms. The molecule has 2 aromatic rings. The van der Waals surface area contributed by atoms with Crippen LogP contribution in [0.5, 0.6) is 0 Å². The Morgan fingerprint density at radius 1 is 0.758 bits per heavy atom. The fourth-order valence-corrected chi connectivity index (χ4v) is 6.81. The first kappa shape index (κ1) is 25.0. The smallest absolute Gasteiger partial charge is 0.319 e. The molecule has 0 saturated carbocycles. The molecule has 2 amide bonds. The summed E-state index contributed by atoms with van der Waals surface area (Å²) < 4.78 is 48.1. The van der Waals surface area contributed by atoms with Gasteiger partial charge in [-0.2, -0.15) is 3.71 Å². The second-order valence-electron chi connectivity index (χ2n) is 9.46. The van der Waals surface area contributed by atoms with Gasteiger partial charge in [-0.25, -0.2) is 21.6 Å². The zero-order valence-corrected chi connectivity index (χ0v) is 21.3. The molecule has 0 aromatic heterocycles. The molecule has 1 fully saturated rings. The molecule has 180 valence electrons. The Kier molecular flexibility index (Phi) is 6.82. The van der Waals surface area contributed by atoms with Crippen molar-refractivity contribution in [3.63, 3.8) is 0 Å². The van der Waals surface area contributed by atoms with Crippen LogP contribution < -0.4 is 3.71 Å². The topological polar surface area (TPSA) is 95.1 Å². The van der Waals surface area contributed by atoms with Crippen molar-refractivity contribution in [3.05, 3.63) is 65.2 Å². The maximum absolute atomic E-state index is 12.9. The van der Waals surface area contributed by atoms with E-state index in [1.54, 1.807) is 21.9 Å². The standard InChI is InChI=1S/C23H31N3O5S2/c1-23(2,3)20-10-6-18(7-11-20)16-24-14-15-25(22(24)27)17-19-8-12-21(13-9-19)26(32(4,28)29)33(5,30)31/h6-13H,14-17H2,1-5H3. The molecule has 0 spiro atoms. The van der Waals surface area contributed by atoms with E-state index < -0.39 is 20.0 Å². The van der Waals surface area contributed by atoms with Crippen LogP contribution in [0.15, 0.2) is 48.5 Å². The van der Waals surface area contributed by atoms with Gasteiger partial charge in [-0.1, -0.05) is 57.2 Å². The average molecular weight is 494 g/mol. The Balaban J connectivity index is 1.66. The largest absolute Gasteiger partial charge is 0.320 e. The van der Waals surface area contributed by atoms with Crippen LogP contribution in [0.1, 0.15) is 37.5 Å². The van der Waals surface area contributed by atoms with Gasteiger partial charge >= 0.3 is 6.03 Å². The van der Waals surface area contributed by atoms with Crippen molar-refractivity contribution < 1.29 is 21.6 Å². The number of anilines is 1. The lowest BCUT2D eigenvalue weighted by Crippen LogP contribution is -2.35. The first-order chi connectivity index (χ1) is 15.2. The number of hydrogen-bond acceptors (Lipinski definition) is 5. The van der Waals surface area contributed by atoms with Gasteiger partial charge in [-0.3, -0.25) is 0 Å². The predicted molar refractivity (Wildman–Crippen MR) is 130 cm³/mol. The highest BCUT2D eigenvalue weighted by molar-refractivity contribution is 8.09. The molecule has 0 aliphatic carbocycles. The summed E-state index contributed by atoms with van der Waals surface area (Å²) in [7, 11) is -7.99. The first-order valence-electron chi connectivity index (χ1n) is 10.6. The molecule has 1 aliphatic rings. The molecule has 1 saturated heterocycles. The van der Waals surface area contributed by atoms with Crippen LogP contribution in [0.25, 0.3) is 0 Å². The van der Waals surface area contributed by atoms with Crippen LogP contribution in [0.2, 0.25) is 0 Å². The fourth-order valence-electron chi connectivity index (χ4n) is 3.83. The number of carbonyl (C=O) groups is 1. The molecule has 1 aliphatic heterocycles. The van der Waals surface area contributed by atoms with Crippen molar-refractivity contribution in [3.8, 4) is 0 Å². The molecule has 2 aromatic carbocycles. The number of amides is 2. The Morgan fingerprint density at radius 3 is 1.52 bits per heavy atom. The van der Waals surface area contributed by atoms with Gasteiger partial charge in [-0.15, -0.1) is 0 Å². The number of carbonyl (C=O) groups excluding carboxylic acids is 1. The van der Waals surface area contributed by atoms with Crippen LogP contribution >= 0.6 is 0 Å². The van der Waals surface area contributed by atoms with Gasteiger partial charge in [0.1, 0.15) is 0 Å². The van der Waals surface area contributed by atoms with Crippen LogP contribution in [0.4, 0.5) is 10.5 Å². The summed E-state index contributed by atoms with van der Waals surface area (Å²) in [5.74, 6) is 0. The number of urea groups is 1. The summed E-state index contributed by atoms with van der Waals surface area (Å²) in [5, 5.41) is 0. The third kappa shape index (κ3) is 6.05. The van der Waals surface area contributed by atoms with Crippen molar-refractivity contribution in [1.29, 1.82) is 0 Å². The summed E-state index contributed by atoms with van der Waals surface area (Å²) >= 11 is 0. The van der Waals surface area contributed by atoms with Crippen molar-refractivity contribution in [2.75, 3.05) is 29.3 Å². The highest BCUT2D eigenvalue weighted by atomic mass is 32.3. The molecule has 33 heavy (non-hydrogen) atoms. The van der Waals surface area contributed by atoms with E-state index in [2.05, 4.69) is 45.0 Å².